The quantitative estimate of drug-likeness (QED) is 0.567. The summed E-state index contributed by atoms with van der Waals surface area (Å²) < 4.78 is 0. The Morgan fingerprint density at radius 2 is 1.77 bits per heavy atom. The van der Waals surface area contributed by atoms with E-state index in [0.717, 1.165) is 69.3 Å². The van der Waals surface area contributed by atoms with Crippen molar-refractivity contribution in [1.82, 2.24) is 25.1 Å². The van der Waals surface area contributed by atoms with Gasteiger partial charge in [-0.2, -0.15) is 0 Å². The number of aromatic nitrogens is 2. The van der Waals surface area contributed by atoms with Gasteiger partial charge in [0.2, 0.25) is 5.91 Å². The van der Waals surface area contributed by atoms with E-state index in [1.807, 2.05) is 6.07 Å². The first-order valence-electron chi connectivity index (χ1n) is 12.7. The topological polar surface area (TPSA) is 64.6 Å². The van der Waals surface area contributed by atoms with E-state index >= 15 is 0 Å². The first-order valence-corrected chi connectivity index (χ1v) is 13.5. The van der Waals surface area contributed by atoms with Gasteiger partial charge in [0.25, 0.3) is 0 Å². The normalized spacial score (nSPS) is 19.2. The number of benzene rings is 1. The minimum Gasteiger partial charge on any atom is -0.356 e. The zero-order valence-corrected chi connectivity index (χ0v) is 21.9. The molecule has 186 valence electrons. The highest BCUT2D eigenvalue weighted by molar-refractivity contribution is 7.18. The van der Waals surface area contributed by atoms with Gasteiger partial charge < -0.3 is 15.1 Å². The summed E-state index contributed by atoms with van der Waals surface area (Å²) in [6.07, 6.45) is 3.36. The molecule has 1 atom stereocenters. The van der Waals surface area contributed by atoms with Gasteiger partial charge >= 0.3 is 0 Å². The molecular weight excluding hydrogens is 456 g/mol. The smallest absolute Gasteiger partial charge is 0.223 e. The van der Waals surface area contributed by atoms with Crippen LogP contribution in [-0.2, 0) is 4.79 Å². The maximum Gasteiger partial charge on any atom is 0.223 e. The van der Waals surface area contributed by atoms with Crippen LogP contribution in [0.5, 0.6) is 0 Å². The van der Waals surface area contributed by atoms with Crippen molar-refractivity contribution in [2.75, 3.05) is 57.8 Å². The second-order valence-corrected chi connectivity index (χ2v) is 11.2. The maximum atomic E-state index is 13.4. The lowest BCUT2D eigenvalue weighted by molar-refractivity contribution is -0.126. The predicted molar refractivity (Wildman–Crippen MR) is 143 cm³/mol. The Morgan fingerprint density at radius 1 is 1.06 bits per heavy atom. The van der Waals surface area contributed by atoms with Crippen LogP contribution in [-0.4, -0.2) is 78.5 Å². The monoisotopic (exact) mass is 492 g/mol. The number of hydrogen-bond donors (Lipinski definition) is 1. The van der Waals surface area contributed by atoms with Crippen LogP contribution in [0.2, 0.25) is 0 Å². The minimum atomic E-state index is 0.0167. The summed E-state index contributed by atoms with van der Waals surface area (Å²) in [5.41, 5.74) is 2.46. The second kappa shape index (κ2) is 10.6. The Balaban J connectivity index is 1.24. The van der Waals surface area contributed by atoms with Crippen LogP contribution in [0, 0.1) is 19.8 Å². The number of aryl methyl sites for hydroxylation is 2. The fraction of sp³-hybridized carbons (Fsp3) is 0.519. The van der Waals surface area contributed by atoms with E-state index < -0.39 is 0 Å². The van der Waals surface area contributed by atoms with E-state index in [4.69, 9.17) is 0 Å². The number of carbonyl (C=O) groups excluding carboxylic acids is 1. The number of piperazine rings is 1. The molecule has 2 aliphatic rings. The molecule has 8 heteroatoms. The molecule has 2 aliphatic heterocycles. The predicted octanol–water partition coefficient (Wildman–Crippen LogP) is 3.63. The number of piperidine rings is 1. The molecule has 7 nitrogen and oxygen atoms in total. The van der Waals surface area contributed by atoms with Gasteiger partial charge in [-0.05, 0) is 44.9 Å². The Bertz CT molecular complexity index is 1150. The third kappa shape index (κ3) is 5.34. The maximum absolute atomic E-state index is 13.4. The summed E-state index contributed by atoms with van der Waals surface area (Å²) in [6.45, 7) is 11.1. The molecule has 1 unspecified atom stereocenters. The standard InChI is InChI=1S/C27H36N6OS/c1-19-20(2)35-27-24(19)25(28-18-29-27)33-11-9-22(10-12-33)26(34)30-23(21-7-5-4-6-8-21)17-32-15-13-31(3)14-16-32/h4-8,18,22-23H,9-17H2,1-3H3,(H,30,34). The van der Waals surface area contributed by atoms with Crippen molar-refractivity contribution >= 4 is 33.3 Å². The average molecular weight is 493 g/mol. The minimum absolute atomic E-state index is 0.0167. The molecule has 0 saturated carbocycles. The van der Waals surface area contributed by atoms with Crippen LogP contribution in [0.1, 0.15) is 34.9 Å². The van der Waals surface area contributed by atoms with Crippen LogP contribution < -0.4 is 10.2 Å². The molecule has 5 rings (SSSR count). The van der Waals surface area contributed by atoms with E-state index in [-0.39, 0.29) is 17.9 Å². The van der Waals surface area contributed by atoms with Crippen LogP contribution in [0.25, 0.3) is 10.2 Å². The van der Waals surface area contributed by atoms with Crippen molar-refractivity contribution in [3.8, 4) is 0 Å². The third-order valence-electron chi connectivity index (χ3n) is 7.67. The number of fused-ring (bicyclic) bond motifs is 1. The molecule has 4 heterocycles. The van der Waals surface area contributed by atoms with Crippen LogP contribution in [0.15, 0.2) is 36.7 Å². The molecule has 2 saturated heterocycles. The summed E-state index contributed by atoms with van der Waals surface area (Å²) >= 11 is 1.73. The summed E-state index contributed by atoms with van der Waals surface area (Å²) in [5.74, 6) is 1.24. The van der Waals surface area contributed by atoms with E-state index in [2.05, 4.69) is 75.1 Å². The first-order chi connectivity index (χ1) is 17.0. The van der Waals surface area contributed by atoms with Gasteiger partial charge in [0.05, 0.1) is 11.4 Å². The summed E-state index contributed by atoms with van der Waals surface area (Å²) in [6, 6.07) is 10.4. The molecule has 1 amide bonds. The molecule has 2 aromatic heterocycles. The summed E-state index contributed by atoms with van der Waals surface area (Å²) in [7, 11) is 2.17. The van der Waals surface area contributed by atoms with Crippen LogP contribution >= 0.6 is 11.3 Å². The van der Waals surface area contributed by atoms with E-state index in [9.17, 15) is 4.79 Å². The molecule has 0 aliphatic carbocycles. The fourth-order valence-electron chi connectivity index (χ4n) is 5.26. The lowest BCUT2D eigenvalue weighted by Crippen LogP contribution is -2.49. The number of thiophene rings is 1. The molecule has 0 radical (unpaired) electrons. The van der Waals surface area contributed by atoms with E-state index in [0.29, 0.717) is 0 Å². The van der Waals surface area contributed by atoms with E-state index in [1.165, 1.54) is 21.4 Å². The number of nitrogens with zero attached hydrogens (tertiary/aromatic N) is 5. The highest BCUT2D eigenvalue weighted by Crippen LogP contribution is 2.35. The van der Waals surface area contributed by atoms with Crippen molar-refractivity contribution in [2.45, 2.75) is 32.7 Å². The van der Waals surface area contributed by atoms with Gasteiger partial charge in [-0.15, -0.1) is 11.3 Å². The number of nitrogens with one attached hydrogen (secondary N) is 1. The van der Waals surface area contributed by atoms with Gasteiger partial charge in [0, 0.05) is 56.6 Å². The largest absolute Gasteiger partial charge is 0.356 e. The number of carbonyl (C=O) groups is 1. The molecule has 35 heavy (non-hydrogen) atoms. The van der Waals surface area contributed by atoms with Crippen molar-refractivity contribution in [1.29, 1.82) is 0 Å². The van der Waals surface area contributed by atoms with Gasteiger partial charge in [0.15, 0.2) is 0 Å². The number of rotatable bonds is 6. The number of amides is 1. The van der Waals surface area contributed by atoms with Crippen molar-refractivity contribution in [2.24, 2.45) is 5.92 Å². The van der Waals surface area contributed by atoms with Crippen molar-refractivity contribution < 1.29 is 4.79 Å². The van der Waals surface area contributed by atoms with Gasteiger partial charge in [-0.1, -0.05) is 30.3 Å². The second-order valence-electron chi connectivity index (χ2n) is 10.00. The summed E-state index contributed by atoms with van der Waals surface area (Å²) in [4.78, 5) is 32.1. The summed E-state index contributed by atoms with van der Waals surface area (Å²) in [5, 5.41) is 4.60. The molecule has 3 aromatic rings. The number of anilines is 1. The molecule has 2 fully saturated rings. The lowest BCUT2D eigenvalue weighted by Gasteiger charge is -2.36. The van der Waals surface area contributed by atoms with Crippen molar-refractivity contribution in [3.05, 3.63) is 52.7 Å². The van der Waals surface area contributed by atoms with Gasteiger partial charge in [-0.25, -0.2) is 9.97 Å². The zero-order valence-electron chi connectivity index (χ0n) is 21.0. The van der Waals surface area contributed by atoms with Gasteiger partial charge in [0.1, 0.15) is 17.0 Å². The molecule has 1 N–H and O–H groups in total. The van der Waals surface area contributed by atoms with Crippen molar-refractivity contribution in [3.63, 3.8) is 0 Å². The molecule has 0 bridgehead atoms. The molecule has 1 aromatic carbocycles. The van der Waals surface area contributed by atoms with Gasteiger partial charge in [-0.3, -0.25) is 9.69 Å². The number of likely N-dealkylation sites (N-methyl/N-ethyl adjacent to an activating group) is 1. The zero-order chi connectivity index (χ0) is 24.4. The Kier molecular flexibility index (Phi) is 7.32. The molecule has 0 spiro atoms. The first kappa shape index (κ1) is 24.2. The third-order valence-corrected chi connectivity index (χ3v) is 8.78. The average Bonchev–Trinajstić information content (AvgIpc) is 3.19. The number of hydrogen-bond acceptors (Lipinski definition) is 7. The Hall–Kier alpha value is -2.55. The van der Waals surface area contributed by atoms with Crippen LogP contribution in [0.3, 0.4) is 0 Å². The SMILES string of the molecule is Cc1sc2ncnc(N3CCC(C(=O)NC(CN4CCN(C)CC4)c4ccccc4)CC3)c2c1C. The Labute approximate surface area is 212 Å². The van der Waals surface area contributed by atoms with E-state index in [1.54, 1.807) is 17.7 Å². The van der Waals surface area contributed by atoms with Crippen LogP contribution in [0.4, 0.5) is 5.82 Å². The highest BCUT2D eigenvalue weighted by Gasteiger charge is 2.29. The Morgan fingerprint density at radius 3 is 2.49 bits per heavy atom. The molecular formula is C27H36N6OS. The highest BCUT2D eigenvalue weighted by atomic mass is 32.1. The fourth-order valence-corrected chi connectivity index (χ4v) is 6.25. The lowest BCUT2D eigenvalue weighted by atomic mass is 9.94.